The number of aryl methyl sites for hydroxylation is 1. The lowest BCUT2D eigenvalue weighted by atomic mass is 10.1. The Bertz CT molecular complexity index is 841. The van der Waals surface area contributed by atoms with Gasteiger partial charge in [0.2, 0.25) is 0 Å². The number of likely N-dealkylation sites (N-methyl/N-ethyl adjacent to an activating group) is 1. The van der Waals surface area contributed by atoms with Crippen LogP contribution in [0.4, 0.5) is 11.4 Å². The fourth-order valence-electron chi connectivity index (χ4n) is 3.27. The Labute approximate surface area is 166 Å². The summed E-state index contributed by atoms with van der Waals surface area (Å²) >= 11 is 0. The molecule has 1 aliphatic heterocycles. The predicted molar refractivity (Wildman–Crippen MR) is 111 cm³/mol. The van der Waals surface area contributed by atoms with Crippen LogP contribution in [0.15, 0.2) is 42.5 Å². The van der Waals surface area contributed by atoms with E-state index in [9.17, 15) is 9.59 Å². The molecule has 1 N–H and O–H groups in total. The summed E-state index contributed by atoms with van der Waals surface area (Å²) in [4.78, 5) is 28.2. The summed E-state index contributed by atoms with van der Waals surface area (Å²) in [6, 6.07) is 12.8. The van der Waals surface area contributed by atoms with E-state index in [1.54, 1.807) is 24.3 Å². The van der Waals surface area contributed by atoms with Gasteiger partial charge in [-0.3, -0.25) is 9.59 Å². The highest BCUT2D eigenvalue weighted by molar-refractivity contribution is 5.94. The normalized spacial score (nSPS) is 14.6. The van der Waals surface area contributed by atoms with E-state index in [2.05, 4.69) is 35.2 Å². The van der Waals surface area contributed by atoms with E-state index in [0.717, 1.165) is 37.4 Å². The fraction of sp³-hybridized carbons (Fsp3) is 0.364. The number of nitrogens with one attached hydrogen (secondary N) is 1. The van der Waals surface area contributed by atoms with Crippen molar-refractivity contribution in [1.29, 1.82) is 0 Å². The Balaban J connectivity index is 1.53. The molecule has 0 bridgehead atoms. The van der Waals surface area contributed by atoms with Crippen LogP contribution in [0.1, 0.15) is 22.8 Å². The van der Waals surface area contributed by atoms with Gasteiger partial charge in [-0.05, 0) is 68.9 Å². The maximum atomic E-state index is 12.2. The smallest absolute Gasteiger partial charge is 0.262 e. The summed E-state index contributed by atoms with van der Waals surface area (Å²) in [5.74, 6) is 0.337. The number of ether oxygens (including phenoxy) is 1. The molecule has 0 aliphatic carbocycles. The Hall–Kier alpha value is -2.86. The Morgan fingerprint density at radius 1 is 1.04 bits per heavy atom. The summed E-state index contributed by atoms with van der Waals surface area (Å²) < 4.78 is 5.50. The third-order valence-electron chi connectivity index (χ3n) is 4.96. The highest BCUT2D eigenvalue weighted by Crippen LogP contribution is 2.24. The molecular weight excluding hydrogens is 354 g/mol. The van der Waals surface area contributed by atoms with Crippen LogP contribution in [0.3, 0.4) is 0 Å². The lowest BCUT2D eigenvalue weighted by Gasteiger charge is -2.35. The van der Waals surface area contributed by atoms with E-state index < -0.39 is 0 Å². The molecular formula is C22H27N3O3. The zero-order valence-corrected chi connectivity index (χ0v) is 16.7. The van der Waals surface area contributed by atoms with E-state index in [0.29, 0.717) is 11.3 Å². The van der Waals surface area contributed by atoms with Crippen LogP contribution in [0, 0.1) is 6.92 Å². The average molecular weight is 381 g/mol. The number of anilines is 2. The highest BCUT2D eigenvalue weighted by Gasteiger charge is 2.16. The summed E-state index contributed by atoms with van der Waals surface area (Å²) in [6.07, 6.45) is 0. The standard InChI is InChI=1S/C22H27N3O3/c1-16-14-19(6-9-21(16)25-12-10-24(3)11-13-25)23-22(27)15-28-20-7-4-18(5-8-20)17(2)26/h4-9,14H,10-13,15H2,1-3H3,(H,23,27). The van der Waals surface area contributed by atoms with Gasteiger partial charge in [0.15, 0.2) is 12.4 Å². The van der Waals surface area contributed by atoms with Crippen LogP contribution in [0.25, 0.3) is 0 Å². The summed E-state index contributed by atoms with van der Waals surface area (Å²) in [5, 5.41) is 2.88. The quantitative estimate of drug-likeness (QED) is 0.780. The molecule has 0 aromatic heterocycles. The number of rotatable bonds is 6. The lowest BCUT2D eigenvalue weighted by molar-refractivity contribution is -0.118. The number of Topliss-reactive ketones (excluding diaryl/α,β-unsaturated/α-hetero) is 1. The van der Waals surface area contributed by atoms with Gasteiger partial charge in [0.1, 0.15) is 5.75 Å². The lowest BCUT2D eigenvalue weighted by Crippen LogP contribution is -2.44. The van der Waals surface area contributed by atoms with Crippen LogP contribution in [-0.4, -0.2) is 56.4 Å². The summed E-state index contributed by atoms with van der Waals surface area (Å²) in [7, 11) is 2.14. The molecule has 0 unspecified atom stereocenters. The molecule has 6 nitrogen and oxygen atoms in total. The van der Waals surface area contributed by atoms with Gasteiger partial charge in [-0.25, -0.2) is 0 Å². The van der Waals surface area contributed by atoms with Crippen LogP contribution >= 0.6 is 0 Å². The minimum Gasteiger partial charge on any atom is -0.484 e. The van der Waals surface area contributed by atoms with Crippen LogP contribution in [0.5, 0.6) is 5.75 Å². The molecule has 1 amide bonds. The van der Waals surface area contributed by atoms with Crippen molar-refractivity contribution in [3.8, 4) is 5.75 Å². The molecule has 28 heavy (non-hydrogen) atoms. The molecule has 1 saturated heterocycles. The van der Waals surface area contributed by atoms with Crippen LogP contribution < -0.4 is 15.0 Å². The first-order chi connectivity index (χ1) is 13.4. The zero-order valence-electron chi connectivity index (χ0n) is 16.7. The Kier molecular flexibility index (Phi) is 6.31. The minimum absolute atomic E-state index is 0.000293. The number of hydrogen-bond donors (Lipinski definition) is 1. The highest BCUT2D eigenvalue weighted by atomic mass is 16.5. The third kappa shape index (κ3) is 5.10. The molecule has 1 fully saturated rings. The molecule has 6 heteroatoms. The number of nitrogens with zero attached hydrogens (tertiary/aromatic N) is 2. The van der Waals surface area contributed by atoms with Crippen molar-refractivity contribution in [2.45, 2.75) is 13.8 Å². The van der Waals surface area contributed by atoms with E-state index in [4.69, 9.17) is 4.74 Å². The van der Waals surface area contributed by atoms with Crippen molar-refractivity contribution in [3.05, 3.63) is 53.6 Å². The van der Waals surface area contributed by atoms with Gasteiger partial charge in [-0.15, -0.1) is 0 Å². The van der Waals surface area contributed by atoms with E-state index in [1.807, 2.05) is 12.1 Å². The van der Waals surface area contributed by atoms with E-state index in [-0.39, 0.29) is 18.3 Å². The van der Waals surface area contributed by atoms with Crippen LogP contribution in [0.2, 0.25) is 0 Å². The molecule has 2 aromatic rings. The second-order valence-electron chi connectivity index (χ2n) is 7.21. The number of benzene rings is 2. The molecule has 1 aliphatic rings. The second-order valence-corrected chi connectivity index (χ2v) is 7.21. The van der Waals surface area contributed by atoms with Gasteiger partial charge < -0.3 is 19.9 Å². The summed E-state index contributed by atoms with van der Waals surface area (Å²) in [5.41, 5.74) is 3.74. The molecule has 0 atom stereocenters. The van der Waals surface area contributed by atoms with Gasteiger partial charge >= 0.3 is 0 Å². The molecule has 0 spiro atoms. The minimum atomic E-state index is -0.220. The average Bonchev–Trinajstić information content (AvgIpc) is 2.68. The van der Waals surface area contributed by atoms with Crippen molar-refractivity contribution < 1.29 is 14.3 Å². The topological polar surface area (TPSA) is 61.9 Å². The maximum Gasteiger partial charge on any atom is 0.262 e. The predicted octanol–water partition coefficient (Wildman–Crippen LogP) is 2.97. The molecule has 0 radical (unpaired) electrons. The second kappa shape index (κ2) is 8.89. The van der Waals surface area contributed by atoms with Crippen molar-refractivity contribution in [2.24, 2.45) is 0 Å². The van der Waals surface area contributed by atoms with Gasteiger partial charge in [0.25, 0.3) is 5.91 Å². The van der Waals surface area contributed by atoms with Crippen LogP contribution in [-0.2, 0) is 4.79 Å². The Morgan fingerprint density at radius 3 is 2.32 bits per heavy atom. The zero-order chi connectivity index (χ0) is 20.1. The number of carbonyl (C=O) groups is 2. The Morgan fingerprint density at radius 2 is 1.71 bits per heavy atom. The van der Waals surface area contributed by atoms with Gasteiger partial charge in [-0.1, -0.05) is 0 Å². The third-order valence-corrected chi connectivity index (χ3v) is 4.96. The van der Waals surface area contributed by atoms with Crippen molar-refractivity contribution in [3.63, 3.8) is 0 Å². The number of amides is 1. The molecule has 148 valence electrons. The van der Waals surface area contributed by atoms with Crippen molar-refractivity contribution in [1.82, 2.24) is 4.90 Å². The fourth-order valence-corrected chi connectivity index (χ4v) is 3.27. The first-order valence-electron chi connectivity index (χ1n) is 9.50. The number of ketones is 1. The SMILES string of the molecule is CC(=O)c1ccc(OCC(=O)Nc2ccc(N3CCN(C)CC3)c(C)c2)cc1. The largest absolute Gasteiger partial charge is 0.484 e. The van der Waals surface area contributed by atoms with Crippen molar-refractivity contribution >= 4 is 23.1 Å². The van der Waals surface area contributed by atoms with Gasteiger partial charge in [-0.2, -0.15) is 0 Å². The monoisotopic (exact) mass is 381 g/mol. The van der Waals surface area contributed by atoms with E-state index >= 15 is 0 Å². The van der Waals surface area contributed by atoms with Crippen molar-refractivity contribution in [2.75, 3.05) is 50.1 Å². The molecule has 2 aromatic carbocycles. The summed E-state index contributed by atoms with van der Waals surface area (Å²) in [6.45, 7) is 7.64. The molecule has 0 saturated carbocycles. The number of carbonyl (C=O) groups excluding carboxylic acids is 2. The number of piperazine rings is 1. The molecule has 1 heterocycles. The maximum absolute atomic E-state index is 12.2. The van der Waals surface area contributed by atoms with E-state index in [1.165, 1.54) is 12.6 Å². The van der Waals surface area contributed by atoms with Gasteiger partial charge in [0.05, 0.1) is 0 Å². The first-order valence-corrected chi connectivity index (χ1v) is 9.50. The first kappa shape index (κ1) is 19.9. The number of hydrogen-bond acceptors (Lipinski definition) is 5. The van der Waals surface area contributed by atoms with Gasteiger partial charge in [0, 0.05) is 43.1 Å². The molecule has 3 rings (SSSR count).